The van der Waals surface area contributed by atoms with Crippen LogP contribution in [0.1, 0.15) is 32.6 Å². The van der Waals surface area contributed by atoms with Crippen molar-refractivity contribution < 1.29 is 31.9 Å². The van der Waals surface area contributed by atoms with Crippen LogP contribution in [-0.4, -0.2) is 72.0 Å². The Balaban J connectivity index is 2.02. The maximum atomic E-state index is 13.0. The van der Waals surface area contributed by atoms with E-state index in [9.17, 15) is 26.8 Å². The van der Waals surface area contributed by atoms with E-state index in [0.717, 1.165) is 4.90 Å². The van der Waals surface area contributed by atoms with E-state index in [2.05, 4.69) is 0 Å². The van der Waals surface area contributed by atoms with Crippen LogP contribution >= 0.6 is 0 Å². The molecule has 1 heterocycles. The van der Waals surface area contributed by atoms with Crippen LogP contribution in [0.3, 0.4) is 0 Å². The normalized spacial score (nSPS) is 22.8. The number of aliphatic carboxylic acids is 1. The molecule has 0 atom stereocenters. The highest BCUT2D eigenvalue weighted by Crippen LogP contribution is 2.43. The van der Waals surface area contributed by atoms with E-state index in [1.807, 2.05) is 0 Å². The molecule has 10 heteroatoms. The Morgan fingerprint density at radius 1 is 1.25 bits per heavy atom. The molecule has 138 valence electrons. The summed E-state index contributed by atoms with van der Waals surface area (Å²) >= 11 is 0. The minimum Gasteiger partial charge on any atom is -0.480 e. The Kier molecular flexibility index (Phi) is 5.48. The van der Waals surface area contributed by atoms with Crippen LogP contribution in [0.2, 0.25) is 0 Å². The van der Waals surface area contributed by atoms with E-state index in [0.29, 0.717) is 12.8 Å². The van der Waals surface area contributed by atoms with Gasteiger partial charge in [0.25, 0.3) is 0 Å². The van der Waals surface area contributed by atoms with Gasteiger partial charge in [0, 0.05) is 37.9 Å². The molecule has 1 N–H and O–H groups in total. The average molecular weight is 368 g/mol. The van der Waals surface area contributed by atoms with Crippen molar-refractivity contribution in [2.45, 2.75) is 44.6 Å². The van der Waals surface area contributed by atoms with Crippen molar-refractivity contribution in [3.05, 3.63) is 0 Å². The van der Waals surface area contributed by atoms with Gasteiger partial charge in [-0.15, -0.1) is 0 Å². The lowest BCUT2D eigenvalue weighted by Gasteiger charge is -2.42. The minimum absolute atomic E-state index is 0.0212. The predicted octanol–water partition coefficient (Wildman–Crippen LogP) is 0.759. The van der Waals surface area contributed by atoms with Crippen molar-refractivity contribution in [2.75, 3.05) is 25.4 Å². The third-order valence-corrected chi connectivity index (χ3v) is 6.53. The molecule has 0 spiro atoms. The highest BCUT2D eigenvalue weighted by molar-refractivity contribution is 7.89. The van der Waals surface area contributed by atoms with E-state index in [4.69, 9.17) is 5.11 Å². The molecule has 0 aromatic heterocycles. The first kappa shape index (κ1) is 19.0. The molecular weight excluding hydrogens is 346 g/mol. The van der Waals surface area contributed by atoms with Crippen molar-refractivity contribution in [3.63, 3.8) is 0 Å². The predicted molar refractivity (Wildman–Crippen MR) is 81.1 cm³/mol. The van der Waals surface area contributed by atoms with Crippen LogP contribution in [0.5, 0.6) is 0 Å². The van der Waals surface area contributed by atoms with Gasteiger partial charge in [-0.3, -0.25) is 9.59 Å². The highest BCUT2D eigenvalue weighted by atomic mass is 32.2. The number of hydrogen-bond acceptors (Lipinski definition) is 4. The van der Waals surface area contributed by atoms with Crippen molar-refractivity contribution in [2.24, 2.45) is 5.92 Å². The van der Waals surface area contributed by atoms with E-state index in [1.165, 1.54) is 4.31 Å². The standard InChI is InChI=1S/C14H22F2N2O5S/c1-2-24(22,23)17-5-3-11(4-6-17)18(9-12(19)20)13(21)10-7-14(15,16)8-10/h10-11H,2-9H2,1H3,(H,19,20). The van der Waals surface area contributed by atoms with E-state index >= 15 is 0 Å². The van der Waals surface area contributed by atoms with Crippen LogP contribution in [0.15, 0.2) is 0 Å². The third kappa shape index (κ3) is 4.21. The number of carboxylic acids is 1. The summed E-state index contributed by atoms with van der Waals surface area (Å²) in [6, 6.07) is -0.439. The number of hydrogen-bond donors (Lipinski definition) is 1. The quantitative estimate of drug-likeness (QED) is 0.747. The zero-order valence-corrected chi connectivity index (χ0v) is 14.3. The summed E-state index contributed by atoms with van der Waals surface area (Å²) in [7, 11) is -3.32. The lowest BCUT2D eigenvalue weighted by molar-refractivity contribution is -0.165. The summed E-state index contributed by atoms with van der Waals surface area (Å²) in [6.07, 6.45) is -0.487. The molecule has 0 bridgehead atoms. The number of sulfonamides is 1. The highest BCUT2D eigenvalue weighted by Gasteiger charge is 2.50. The number of nitrogens with zero attached hydrogens (tertiary/aromatic N) is 2. The van der Waals surface area contributed by atoms with E-state index < -0.39 is 59.2 Å². The Bertz CT molecular complexity index is 594. The fraction of sp³-hybridized carbons (Fsp3) is 0.857. The number of carbonyl (C=O) groups is 2. The molecule has 7 nitrogen and oxygen atoms in total. The molecule has 0 radical (unpaired) electrons. The summed E-state index contributed by atoms with van der Waals surface area (Å²) in [5, 5.41) is 9.01. The summed E-state index contributed by atoms with van der Waals surface area (Å²) in [4.78, 5) is 24.6. The second kappa shape index (κ2) is 6.91. The minimum atomic E-state index is -3.32. The number of carboxylic acid groups (broad SMARTS) is 1. The van der Waals surface area contributed by atoms with E-state index in [-0.39, 0.29) is 18.8 Å². The van der Waals surface area contributed by atoms with Crippen LogP contribution in [-0.2, 0) is 19.6 Å². The van der Waals surface area contributed by atoms with Gasteiger partial charge in [0.2, 0.25) is 21.9 Å². The fourth-order valence-corrected chi connectivity index (χ4v) is 4.35. The second-order valence-electron chi connectivity index (χ2n) is 6.35. The number of halogens is 2. The molecular formula is C14H22F2N2O5S. The topological polar surface area (TPSA) is 95.0 Å². The molecule has 1 saturated carbocycles. The van der Waals surface area contributed by atoms with Crippen molar-refractivity contribution in [1.82, 2.24) is 9.21 Å². The maximum absolute atomic E-state index is 13.0. The maximum Gasteiger partial charge on any atom is 0.323 e. The molecule has 2 rings (SSSR count). The van der Waals surface area contributed by atoms with Gasteiger partial charge in [0.1, 0.15) is 6.54 Å². The first-order valence-corrected chi connectivity index (χ1v) is 9.54. The van der Waals surface area contributed by atoms with Gasteiger partial charge >= 0.3 is 5.97 Å². The monoisotopic (exact) mass is 368 g/mol. The smallest absolute Gasteiger partial charge is 0.323 e. The Morgan fingerprint density at radius 3 is 2.21 bits per heavy atom. The second-order valence-corrected chi connectivity index (χ2v) is 8.61. The molecule has 0 aromatic rings. The number of rotatable bonds is 6. The number of piperidine rings is 1. The first-order valence-electron chi connectivity index (χ1n) is 7.93. The molecule has 1 amide bonds. The molecule has 1 aliphatic carbocycles. The van der Waals surface area contributed by atoms with E-state index in [1.54, 1.807) is 6.92 Å². The Labute approximate surface area is 139 Å². The van der Waals surface area contributed by atoms with Crippen molar-refractivity contribution in [3.8, 4) is 0 Å². The molecule has 2 aliphatic rings. The van der Waals surface area contributed by atoms with Crippen molar-refractivity contribution in [1.29, 1.82) is 0 Å². The molecule has 2 fully saturated rings. The van der Waals surface area contributed by atoms with Gasteiger partial charge in [-0.1, -0.05) is 0 Å². The van der Waals surface area contributed by atoms with Gasteiger partial charge in [0.05, 0.1) is 5.75 Å². The molecule has 0 aromatic carbocycles. The Hall–Kier alpha value is -1.29. The van der Waals surface area contributed by atoms with Gasteiger partial charge in [-0.2, -0.15) is 0 Å². The average Bonchev–Trinajstić information content (AvgIpc) is 2.49. The van der Waals surface area contributed by atoms with Crippen LogP contribution in [0.4, 0.5) is 8.78 Å². The SMILES string of the molecule is CCS(=O)(=O)N1CCC(N(CC(=O)O)C(=O)C2CC(F)(F)C2)CC1. The van der Waals surface area contributed by atoms with Crippen LogP contribution in [0.25, 0.3) is 0 Å². The van der Waals surface area contributed by atoms with Crippen molar-refractivity contribution >= 4 is 21.9 Å². The Morgan fingerprint density at radius 2 is 1.79 bits per heavy atom. The lowest BCUT2D eigenvalue weighted by atomic mass is 9.80. The van der Waals surface area contributed by atoms with Gasteiger partial charge in [-0.25, -0.2) is 21.5 Å². The van der Waals surface area contributed by atoms with Gasteiger partial charge in [0.15, 0.2) is 0 Å². The summed E-state index contributed by atoms with van der Waals surface area (Å²) in [6.45, 7) is 1.39. The lowest BCUT2D eigenvalue weighted by Crippen LogP contribution is -2.54. The number of carbonyl (C=O) groups excluding carboxylic acids is 1. The zero-order valence-electron chi connectivity index (χ0n) is 13.5. The summed E-state index contributed by atoms with van der Waals surface area (Å²) in [5.74, 6) is -5.50. The molecule has 24 heavy (non-hydrogen) atoms. The fourth-order valence-electron chi connectivity index (χ4n) is 3.22. The summed E-state index contributed by atoms with van der Waals surface area (Å²) in [5.41, 5.74) is 0. The largest absolute Gasteiger partial charge is 0.480 e. The molecule has 0 unspecified atom stereocenters. The number of amides is 1. The summed E-state index contributed by atoms with van der Waals surface area (Å²) < 4.78 is 51.0. The third-order valence-electron chi connectivity index (χ3n) is 4.65. The van der Waals surface area contributed by atoms with Gasteiger partial charge < -0.3 is 10.0 Å². The van der Waals surface area contributed by atoms with Gasteiger partial charge in [-0.05, 0) is 19.8 Å². The zero-order chi connectivity index (χ0) is 18.1. The first-order chi connectivity index (χ1) is 11.1. The van der Waals surface area contributed by atoms with Crippen LogP contribution < -0.4 is 0 Å². The van der Waals surface area contributed by atoms with Crippen LogP contribution in [0, 0.1) is 5.92 Å². The molecule has 1 saturated heterocycles. The number of alkyl halides is 2. The molecule has 1 aliphatic heterocycles.